The van der Waals surface area contributed by atoms with Crippen molar-refractivity contribution in [2.24, 2.45) is 16.6 Å². The molecule has 0 fully saturated rings. The monoisotopic (exact) mass is 203 g/mol. The fourth-order valence-corrected chi connectivity index (χ4v) is 1.09. The molecule has 6 nitrogen and oxygen atoms in total. The predicted molar refractivity (Wildman–Crippen MR) is 52.7 cm³/mol. The van der Waals surface area contributed by atoms with E-state index in [1.807, 2.05) is 0 Å². The van der Waals surface area contributed by atoms with Crippen LogP contribution >= 0.6 is 0 Å². The summed E-state index contributed by atoms with van der Waals surface area (Å²) in [4.78, 5) is 20.1. The van der Waals surface area contributed by atoms with Crippen molar-refractivity contribution in [1.82, 2.24) is 0 Å². The van der Waals surface area contributed by atoms with Gasteiger partial charge in [0, 0.05) is 6.04 Å². The number of aliphatic carboxylic acids is 1. The van der Waals surface area contributed by atoms with E-state index in [4.69, 9.17) is 16.6 Å². The summed E-state index contributed by atoms with van der Waals surface area (Å²) < 4.78 is 0. The average Bonchev–Trinajstić information content (AvgIpc) is 2.14. The van der Waals surface area contributed by atoms with Gasteiger partial charge in [-0.1, -0.05) is 5.18 Å². The zero-order valence-corrected chi connectivity index (χ0v) is 8.06. The molecule has 0 rings (SSSR count). The van der Waals surface area contributed by atoms with Gasteiger partial charge in [0.2, 0.25) is 0 Å². The number of nitrogens with two attached hydrogens (primary N) is 2. The van der Waals surface area contributed by atoms with Gasteiger partial charge < -0.3 is 16.6 Å². The number of carboxylic acid groups (broad SMARTS) is 1. The van der Waals surface area contributed by atoms with Crippen LogP contribution in [0.3, 0.4) is 0 Å². The second-order valence-corrected chi connectivity index (χ2v) is 3.28. The van der Waals surface area contributed by atoms with Gasteiger partial charge in [-0.25, -0.2) is 0 Å². The maximum absolute atomic E-state index is 10.3. The molecule has 5 N–H and O–H groups in total. The highest BCUT2D eigenvalue weighted by Gasteiger charge is 2.11. The molecule has 0 aliphatic rings. The standard InChI is InChI=1S/C8H17N3O3/c9-6(4-5-11-14)2-1-3-7(10)8(12)13/h6-7H,1-5,9-10H2,(H,12,13)/t6?,7-/m0/s1. The van der Waals surface area contributed by atoms with E-state index in [0.29, 0.717) is 25.7 Å². The minimum atomic E-state index is -0.992. The molecule has 82 valence electrons. The van der Waals surface area contributed by atoms with Crippen molar-refractivity contribution in [3.8, 4) is 0 Å². The van der Waals surface area contributed by atoms with Crippen molar-refractivity contribution >= 4 is 5.97 Å². The SMILES string of the molecule is NC(CCC[C@H](N)C(=O)O)CCN=O. The highest BCUT2D eigenvalue weighted by molar-refractivity contribution is 5.72. The van der Waals surface area contributed by atoms with Crippen molar-refractivity contribution in [3.63, 3.8) is 0 Å². The third kappa shape index (κ3) is 6.50. The van der Waals surface area contributed by atoms with Crippen LogP contribution in [0, 0.1) is 4.91 Å². The third-order valence-electron chi connectivity index (χ3n) is 2.00. The molecule has 0 bridgehead atoms. The van der Waals surface area contributed by atoms with E-state index < -0.39 is 12.0 Å². The van der Waals surface area contributed by atoms with Gasteiger partial charge in [-0.2, -0.15) is 4.91 Å². The number of nitrogens with zero attached hydrogens (tertiary/aromatic N) is 1. The number of hydrogen-bond acceptors (Lipinski definition) is 5. The van der Waals surface area contributed by atoms with E-state index >= 15 is 0 Å². The summed E-state index contributed by atoms with van der Waals surface area (Å²) in [5.41, 5.74) is 10.9. The summed E-state index contributed by atoms with van der Waals surface area (Å²) >= 11 is 0. The van der Waals surface area contributed by atoms with Gasteiger partial charge in [-0.3, -0.25) is 4.79 Å². The minimum absolute atomic E-state index is 0.0892. The van der Waals surface area contributed by atoms with E-state index in [0.717, 1.165) is 0 Å². The van der Waals surface area contributed by atoms with E-state index in [1.54, 1.807) is 0 Å². The fraction of sp³-hybridized carbons (Fsp3) is 0.875. The number of hydrogen-bond donors (Lipinski definition) is 3. The quantitative estimate of drug-likeness (QED) is 0.481. The Kier molecular flexibility index (Phi) is 6.87. The smallest absolute Gasteiger partial charge is 0.320 e. The van der Waals surface area contributed by atoms with Gasteiger partial charge in [0.15, 0.2) is 0 Å². The highest BCUT2D eigenvalue weighted by atomic mass is 16.4. The van der Waals surface area contributed by atoms with Gasteiger partial charge in [-0.05, 0) is 25.7 Å². The lowest BCUT2D eigenvalue weighted by atomic mass is 10.0. The Balaban J connectivity index is 3.43. The molecule has 14 heavy (non-hydrogen) atoms. The van der Waals surface area contributed by atoms with Gasteiger partial charge in [0.05, 0.1) is 6.54 Å². The highest BCUT2D eigenvalue weighted by Crippen LogP contribution is 2.04. The Bertz CT molecular complexity index is 187. The molecule has 0 saturated heterocycles. The largest absolute Gasteiger partial charge is 0.480 e. The van der Waals surface area contributed by atoms with Crippen molar-refractivity contribution in [2.45, 2.75) is 37.8 Å². The number of nitroso groups, excluding NO2 is 1. The molecule has 0 aliphatic heterocycles. The fourth-order valence-electron chi connectivity index (χ4n) is 1.09. The number of rotatable bonds is 8. The summed E-state index contributed by atoms with van der Waals surface area (Å²) in [7, 11) is 0. The average molecular weight is 203 g/mol. The predicted octanol–water partition coefficient (Wildman–Crippen LogP) is 0.0524. The molecular formula is C8H17N3O3. The second-order valence-electron chi connectivity index (χ2n) is 3.28. The summed E-state index contributed by atoms with van der Waals surface area (Å²) in [6.07, 6.45) is 2.30. The molecule has 0 aromatic heterocycles. The number of carbonyl (C=O) groups is 1. The van der Waals surface area contributed by atoms with Crippen molar-refractivity contribution in [2.75, 3.05) is 6.54 Å². The summed E-state index contributed by atoms with van der Waals surface area (Å²) in [6, 6.07) is -0.903. The van der Waals surface area contributed by atoms with Gasteiger partial charge in [0.1, 0.15) is 6.04 Å². The molecule has 0 spiro atoms. The van der Waals surface area contributed by atoms with Crippen LogP contribution in [0.5, 0.6) is 0 Å². The molecular weight excluding hydrogens is 186 g/mol. The van der Waals surface area contributed by atoms with Crippen LogP contribution in [-0.4, -0.2) is 29.7 Å². The van der Waals surface area contributed by atoms with Crippen LogP contribution in [0.15, 0.2) is 5.18 Å². The third-order valence-corrected chi connectivity index (χ3v) is 2.00. The first-order valence-electron chi connectivity index (χ1n) is 4.61. The summed E-state index contributed by atoms with van der Waals surface area (Å²) in [6.45, 7) is 0.214. The van der Waals surface area contributed by atoms with Gasteiger partial charge in [0.25, 0.3) is 0 Å². The maximum Gasteiger partial charge on any atom is 0.320 e. The molecule has 0 aliphatic carbocycles. The summed E-state index contributed by atoms with van der Waals surface area (Å²) in [5.74, 6) is -0.992. The van der Waals surface area contributed by atoms with Gasteiger partial charge in [-0.15, -0.1) is 0 Å². The van der Waals surface area contributed by atoms with Crippen LogP contribution in [0.1, 0.15) is 25.7 Å². The zero-order valence-electron chi connectivity index (χ0n) is 8.06. The Hall–Kier alpha value is -1.01. The molecule has 0 aromatic carbocycles. The number of carboxylic acids is 1. The van der Waals surface area contributed by atoms with Crippen LogP contribution in [-0.2, 0) is 4.79 Å². The topological polar surface area (TPSA) is 119 Å². The van der Waals surface area contributed by atoms with Crippen LogP contribution in [0.2, 0.25) is 0 Å². The van der Waals surface area contributed by atoms with Crippen molar-refractivity contribution in [3.05, 3.63) is 4.91 Å². The molecule has 0 aromatic rings. The molecule has 1 unspecified atom stereocenters. The first-order valence-corrected chi connectivity index (χ1v) is 4.61. The Morgan fingerprint density at radius 3 is 2.43 bits per heavy atom. The molecule has 2 atom stereocenters. The van der Waals surface area contributed by atoms with E-state index in [2.05, 4.69) is 5.18 Å². The first kappa shape index (κ1) is 13.0. The van der Waals surface area contributed by atoms with Crippen molar-refractivity contribution in [1.29, 1.82) is 0 Å². The molecule has 0 saturated carbocycles. The molecule has 0 radical (unpaired) electrons. The Morgan fingerprint density at radius 2 is 1.93 bits per heavy atom. The van der Waals surface area contributed by atoms with Crippen LogP contribution in [0.25, 0.3) is 0 Å². The zero-order chi connectivity index (χ0) is 11.0. The van der Waals surface area contributed by atoms with Gasteiger partial charge >= 0.3 is 5.97 Å². The molecule has 0 heterocycles. The lowest BCUT2D eigenvalue weighted by molar-refractivity contribution is -0.138. The van der Waals surface area contributed by atoms with E-state index in [9.17, 15) is 9.70 Å². The Morgan fingerprint density at radius 1 is 1.29 bits per heavy atom. The van der Waals surface area contributed by atoms with Crippen LogP contribution in [0.4, 0.5) is 0 Å². The van der Waals surface area contributed by atoms with Crippen LogP contribution < -0.4 is 11.5 Å². The molecule has 6 heteroatoms. The maximum atomic E-state index is 10.3. The first-order chi connectivity index (χ1) is 6.57. The van der Waals surface area contributed by atoms with Crippen molar-refractivity contribution < 1.29 is 9.90 Å². The van der Waals surface area contributed by atoms with E-state index in [1.165, 1.54) is 0 Å². The lowest BCUT2D eigenvalue weighted by Crippen LogP contribution is -2.30. The lowest BCUT2D eigenvalue weighted by Gasteiger charge is -2.10. The Labute approximate surface area is 82.6 Å². The normalized spacial score (nSPS) is 14.7. The summed E-state index contributed by atoms with van der Waals surface area (Å²) in [5, 5.41) is 11.2. The molecule has 0 amide bonds. The van der Waals surface area contributed by atoms with E-state index in [-0.39, 0.29) is 12.6 Å². The minimum Gasteiger partial charge on any atom is -0.480 e. The second kappa shape index (κ2) is 7.40.